The van der Waals surface area contributed by atoms with Crippen LogP contribution in [0.1, 0.15) is 31.2 Å². The molecule has 0 unspecified atom stereocenters. The topological polar surface area (TPSA) is 89.3 Å². The lowest BCUT2D eigenvalue weighted by atomic mass is 9.96. The molecule has 1 N–H and O–H groups in total. The van der Waals surface area contributed by atoms with E-state index in [1.54, 1.807) is 6.92 Å². The molecule has 3 rings (SSSR count). The maximum atomic E-state index is 12.4. The van der Waals surface area contributed by atoms with Crippen LogP contribution in [0.25, 0.3) is 0 Å². The van der Waals surface area contributed by atoms with Crippen LogP contribution < -0.4 is 4.72 Å². The quantitative estimate of drug-likeness (QED) is 0.683. The van der Waals surface area contributed by atoms with E-state index in [0.29, 0.717) is 17.4 Å². The van der Waals surface area contributed by atoms with Crippen LogP contribution in [0.5, 0.6) is 0 Å². The summed E-state index contributed by atoms with van der Waals surface area (Å²) in [4.78, 5) is 10.4. The van der Waals surface area contributed by atoms with E-state index in [2.05, 4.69) is 4.72 Å². The largest absolute Gasteiger partial charge is 0.273 e. The number of nitrogens with one attached hydrogen (secondary N) is 1. The van der Waals surface area contributed by atoms with Gasteiger partial charge in [-0.25, -0.2) is 13.1 Å². The maximum absolute atomic E-state index is 12.4. The number of nitro groups is 1. The lowest BCUT2D eigenvalue weighted by Gasteiger charge is -2.22. The van der Waals surface area contributed by atoms with E-state index in [-0.39, 0.29) is 16.6 Å². The molecule has 6 nitrogen and oxygen atoms in total. The molecule has 2 fully saturated rings. The van der Waals surface area contributed by atoms with Gasteiger partial charge in [-0.15, -0.1) is 0 Å². The first kappa shape index (κ1) is 14.5. The normalized spacial score (nSPS) is 28.0. The number of rotatable bonds is 4. The zero-order valence-corrected chi connectivity index (χ0v) is 12.6. The van der Waals surface area contributed by atoms with Crippen molar-refractivity contribution in [2.45, 2.75) is 43.5 Å². The molecule has 7 heteroatoms. The summed E-state index contributed by atoms with van der Waals surface area (Å²) in [6.45, 7) is 1.60. The second-order valence-corrected chi connectivity index (χ2v) is 7.82. The van der Waals surface area contributed by atoms with Crippen molar-refractivity contribution < 1.29 is 13.3 Å². The predicted octanol–water partition coefficient (Wildman–Crippen LogP) is 2.37. The van der Waals surface area contributed by atoms with Gasteiger partial charge in [0.15, 0.2) is 0 Å². The zero-order chi connectivity index (χ0) is 15.2. The van der Waals surface area contributed by atoms with Gasteiger partial charge in [0.2, 0.25) is 10.0 Å². The highest BCUT2D eigenvalue weighted by molar-refractivity contribution is 7.89. The first-order valence-corrected chi connectivity index (χ1v) is 8.62. The van der Waals surface area contributed by atoms with Crippen molar-refractivity contribution in [3.8, 4) is 0 Å². The number of aryl methyl sites for hydroxylation is 1. The molecule has 2 aliphatic carbocycles. The second-order valence-electron chi connectivity index (χ2n) is 6.11. The number of nitro benzene ring substituents is 1. The highest BCUT2D eigenvalue weighted by atomic mass is 32.2. The SMILES string of the molecule is Cc1ccc(S(=O)(=O)N[C@H]2C[C@@H]3CC[C@@H]2C3)cc1[N+](=O)[O-]. The van der Waals surface area contributed by atoms with Crippen molar-refractivity contribution in [1.29, 1.82) is 0 Å². The lowest BCUT2D eigenvalue weighted by Crippen LogP contribution is -2.38. The fourth-order valence-electron chi connectivity index (χ4n) is 3.61. The molecule has 2 bridgehead atoms. The summed E-state index contributed by atoms with van der Waals surface area (Å²) in [6.07, 6.45) is 4.25. The summed E-state index contributed by atoms with van der Waals surface area (Å²) in [5.74, 6) is 1.06. The van der Waals surface area contributed by atoms with Gasteiger partial charge in [-0.05, 0) is 44.1 Å². The Labute approximate surface area is 123 Å². The van der Waals surface area contributed by atoms with Gasteiger partial charge in [-0.2, -0.15) is 0 Å². The molecule has 0 aliphatic heterocycles. The minimum absolute atomic E-state index is 0.0193. The van der Waals surface area contributed by atoms with Crippen molar-refractivity contribution >= 4 is 15.7 Å². The Morgan fingerprint density at radius 1 is 1.29 bits per heavy atom. The van der Waals surface area contributed by atoms with Crippen molar-refractivity contribution in [1.82, 2.24) is 4.72 Å². The van der Waals surface area contributed by atoms with Crippen LogP contribution in [0, 0.1) is 28.9 Å². The third kappa shape index (κ3) is 2.67. The molecule has 0 heterocycles. The molecule has 0 amide bonds. The third-order valence-electron chi connectivity index (χ3n) is 4.73. The minimum atomic E-state index is -3.69. The van der Waals surface area contributed by atoms with Crippen molar-refractivity contribution in [3.63, 3.8) is 0 Å². The standard InChI is InChI=1S/C14H18N2O4S/c1-9-2-5-12(8-14(9)16(17)18)21(19,20)15-13-7-10-3-4-11(13)6-10/h2,5,8,10-11,13,15H,3-4,6-7H2,1H3/t10-,11-,13+/m1/s1. The fourth-order valence-corrected chi connectivity index (χ4v) is 4.95. The molecule has 1 aromatic carbocycles. The maximum Gasteiger partial charge on any atom is 0.273 e. The van der Waals surface area contributed by atoms with Gasteiger partial charge in [-0.3, -0.25) is 10.1 Å². The van der Waals surface area contributed by atoms with Gasteiger partial charge in [0.25, 0.3) is 5.69 Å². The number of hydrogen-bond acceptors (Lipinski definition) is 4. The molecule has 2 saturated carbocycles. The Morgan fingerprint density at radius 3 is 2.62 bits per heavy atom. The van der Waals surface area contributed by atoms with Gasteiger partial charge in [0.1, 0.15) is 0 Å². The van der Waals surface area contributed by atoms with Gasteiger partial charge in [0, 0.05) is 17.7 Å². The molecule has 1 aromatic rings. The number of fused-ring (bicyclic) bond motifs is 2. The highest BCUT2D eigenvalue weighted by Gasteiger charge is 2.41. The van der Waals surface area contributed by atoms with Crippen LogP contribution in [0.2, 0.25) is 0 Å². The van der Waals surface area contributed by atoms with Gasteiger partial charge >= 0.3 is 0 Å². The van der Waals surface area contributed by atoms with E-state index in [9.17, 15) is 18.5 Å². The third-order valence-corrected chi connectivity index (χ3v) is 6.22. The van der Waals surface area contributed by atoms with Gasteiger partial charge in [0.05, 0.1) is 9.82 Å². The number of nitrogens with zero attached hydrogens (tertiary/aromatic N) is 1. The summed E-state index contributed by atoms with van der Waals surface area (Å²) < 4.78 is 27.6. The molecule has 0 radical (unpaired) electrons. The summed E-state index contributed by atoms with van der Waals surface area (Å²) in [6, 6.07) is 4.03. The average molecular weight is 310 g/mol. The average Bonchev–Trinajstić information content (AvgIpc) is 3.00. The van der Waals surface area contributed by atoms with Crippen molar-refractivity contribution in [2.24, 2.45) is 11.8 Å². The highest BCUT2D eigenvalue weighted by Crippen LogP contribution is 2.44. The summed E-state index contributed by atoms with van der Waals surface area (Å²) in [7, 11) is -3.69. The Hall–Kier alpha value is -1.47. The van der Waals surface area contributed by atoms with Crippen LogP contribution >= 0.6 is 0 Å². The molecule has 114 valence electrons. The first-order chi connectivity index (χ1) is 9.87. The second kappa shape index (κ2) is 5.06. The van der Waals surface area contributed by atoms with Crippen molar-refractivity contribution in [2.75, 3.05) is 0 Å². The summed E-state index contributed by atoms with van der Waals surface area (Å²) in [5.41, 5.74) is 0.296. The van der Waals surface area contributed by atoms with Crippen LogP contribution in [-0.4, -0.2) is 19.4 Å². The van der Waals surface area contributed by atoms with Crippen LogP contribution in [0.4, 0.5) is 5.69 Å². The number of sulfonamides is 1. The molecular formula is C14H18N2O4S. The molecule has 21 heavy (non-hydrogen) atoms. The molecular weight excluding hydrogens is 292 g/mol. The number of hydrogen-bond donors (Lipinski definition) is 1. The van der Waals surface area contributed by atoms with E-state index in [1.807, 2.05) is 0 Å². The molecule has 2 aliphatic rings. The zero-order valence-electron chi connectivity index (χ0n) is 11.8. The summed E-state index contributed by atoms with van der Waals surface area (Å²) in [5, 5.41) is 10.9. The predicted molar refractivity (Wildman–Crippen MR) is 77.4 cm³/mol. The minimum Gasteiger partial charge on any atom is -0.258 e. The molecule has 0 aromatic heterocycles. The van der Waals surface area contributed by atoms with Crippen LogP contribution in [-0.2, 0) is 10.0 Å². The van der Waals surface area contributed by atoms with E-state index in [0.717, 1.165) is 25.3 Å². The molecule has 3 atom stereocenters. The van der Waals surface area contributed by atoms with Gasteiger partial charge < -0.3 is 0 Å². The smallest absolute Gasteiger partial charge is 0.258 e. The lowest BCUT2D eigenvalue weighted by molar-refractivity contribution is -0.385. The summed E-state index contributed by atoms with van der Waals surface area (Å²) >= 11 is 0. The number of benzene rings is 1. The Balaban J connectivity index is 1.85. The van der Waals surface area contributed by atoms with E-state index < -0.39 is 14.9 Å². The van der Waals surface area contributed by atoms with E-state index in [4.69, 9.17) is 0 Å². The Bertz CT molecular complexity index is 686. The van der Waals surface area contributed by atoms with E-state index >= 15 is 0 Å². The Kier molecular flexibility index (Phi) is 3.49. The monoisotopic (exact) mass is 310 g/mol. The van der Waals surface area contributed by atoms with Crippen LogP contribution in [0.3, 0.4) is 0 Å². The molecule has 0 spiro atoms. The van der Waals surface area contributed by atoms with Crippen LogP contribution in [0.15, 0.2) is 23.1 Å². The van der Waals surface area contributed by atoms with Crippen molar-refractivity contribution in [3.05, 3.63) is 33.9 Å². The first-order valence-electron chi connectivity index (χ1n) is 7.14. The van der Waals surface area contributed by atoms with Gasteiger partial charge in [-0.1, -0.05) is 12.5 Å². The molecule has 0 saturated heterocycles. The fraction of sp³-hybridized carbons (Fsp3) is 0.571. The van der Waals surface area contributed by atoms with E-state index in [1.165, 1.54) is 18.6 Å². The Morgan fingerprint density at radius 2 is 2.05 bits per heavy atom.